The average Bonchev–Trinajstić information content (AvgIpc) is 3.26. The molecule has 3 atom stereocenters. The molecular weight excluding hydrogens is 456 g/mol. The number of aromatic nitrogens is 5. The summed E-state index contributed by atoms with van der Waals surface area (Å²) in [4.78, 5) is 6.30. The molecule has 0 radical (unpaired) electrons. The molecule has 0 bridgehead atoms. The third kappa shape index (κ3) is 3.81. The first-order valence-corrected chi connectivity index (χ1v) is 10.1. The molecule has 1 fully saturated rings. The van der Waals surface area contributed by atoms with E-state index in [0.717, 1.165) is 18.2 Å². The highest BCUT2D eigenvalue weighted by molar-refractivity contribution is 5.47. The molecule has 0 spiro atoms. The fourth-order valence-electron chi connectivity index (χ4n) is 4.44. The van der Waals surface area contributed by atoms with E-state index < -0.39 is 36.9 Å². The molecule has 0 saturated carbocycles. The molecule has 178 valence electrons. The molecule has 33 heavy (non-hydrogen) atoms. The zero-order valence-electron chi connectivity index (χ0n) is 16.9. The van der Waals surface area contributed by atoms with Gasteiger partial charge in [0.05, 0.1) is 18.0 Å². The van der Waals surface area contributed by atoms with Gasteiger partial charge in [-0.15, -0.1) is 9.90 Å². The lowest BCUT2D eigenvalue weighted by atomic mass is 9.93. The normalized spacial score (nSPS) is 23.7. The van der Waals surface area contributed by atoms with Gasteiger partial charge in [0, 0.05) is 30.7 Å². The van der Waals surface area contributed by atoms with Gasteiger partial charge in [-0.25, -0.2) is 13.8 Å². The molecular formula is C19H19F6N7O. The lowest BCUT2D eigenvalue weighted by Gasteiger charge is -2.38. The molecule has 0 aliphatic carbocycles. The van der Waals surface area contributed by atoms with Crippen LogP contribution in [0.5, 0.6) is 0 Å². The molecule has 2 aromatic heterocycles. The number of H-pyrrole nitrogens is 1. The Kier molecular flexibility index (Phi) is 5.45. The SMILES string of the molecule is N[C@H]1C[C@@H](N2Cc3nc(-c4nn(C(F)F)[nH]4)n(C(F)F)c3C2)CO[C@@H]1c1cc(F)ccc1F. The molecule has 5 rings (SSSR count). The van der Waals surface area contributed by atoms with Crippen LogP contribution in [0.3, 0.4) is 0 Å². The van der Waals surface area contributed by atoms with Gasteiger partial charge in [0.15, 0.2) is 5.82 Å². The molecule has 1 aromatic carbocycles. The van der Waals surface area contributed by atoms with E-state index in [4.69, 9.17) is 10.5 Å². The van der Waals surface area contributed by atoms with Gasteiger partial charge in [0.2, 0.25) is 5.82 Å². The Morgan fingerprint density at radius 3 is 2.55 bits per heavy atom. The summed E-state index contributed by atoms with van der Waals surface area (Å²) in [6.45, 7) is -5.40. The van der Waals surface area contributed by atoms with E-state index in [9.17, 15) is 26.3 Å². The molecule has 0 unspecified atom stereocenters. The van der Waals surface area contributed by atoms with Crippen LogP contribution >= 0.6 is 0 Å². The summed E-state index contributed by atoms with van der Waals surface area (Å²) in [5.74, 6) is -1.61. The van der Waals surface area contributed by atoms with Crippen molar-refractivity contribution in [3.8, 4) is 11.6 Å². The third-order valence-electron chi connectivity index (χ3n) is 6.00. The molecule has 1 saturated heterocycles. The maximum atomic E-state index is 14.1. The van der Waals surface area contributed by atoms with E-state index in [-0.39, 0.29) is 53.4 Å². The number of nitrogens with one attached hydrogen (secondary N) is 1. The smallest absolute Gasteiger partial charge is 0.346 e. The summed E-state index contributed by atoms with van der Waals surface area (Å²) in [5, 5.41) is 5.68. The average molecular weight is 475 g/mol. The van der Waals surface area contributed by atoms with Gasteiger partial charge in [-0.3, -0.25) is 14.6 Å². The second kappa shape index (κ2) is 8.18. The van der Waals surface area contributed by atoms with E-state index in [1.807, 2.05) is 4.90 Å². The van der Waals surface area contributed by atoms with E-state index in [0.29, 0.717) is 16.7 Å². The van der Waals surface area contributed by atoms with Crippen LogP contribution < -0.4 is 5.73 Å². The number of nitrogens with zero attached hydrogens (tertiary/aromatic N) is 5. The largest absolute Gasteiger partial charge is 0.370 e. The van der Waals surface area contributed by atoms with Gasteiger partial charge in [-0.1, -0.05) is 0 Å². The standard InChI is InChI=1S/C19H19F6N7O/c20-8-1-2-11(21)10(3-8)15-12(26)4-9(7-33-15)30-5-13-14(6-30)31(18(22)23)17(27-13)16-28-32(29-16)19(24)25/h1-3,9,12,15,18-19H,4-7,26H2,(H,28,29)/t9-,12+,15-/m1/s1. The molecule has 2 aliphatic rings. The number of ether oxygens (including phenoxy) is 1. The summed E-state index contributed by atoms with van der Waals surface area (Å²) in [7, 11) is 0. The second-order valence-electron chi connectivity index (χ2n) is 8.04. The molecule has 3 aromatic rings. The quantitative estimate of drug-likeness (QED) is 0.553. The van der Waals surface area contributed by atoms with Crippen LogP contribution in [0.2, 0.25) is 0 Å². The van der Waals surface area contributed by atoms with Crippen molar-refractivity contribution in [3.63, 3.8) is 0 Å². The number of hydrogen-bond donors (Lipinski definition) is 2. The van der Waals surface area contributed by atoms with Crippen LogP contribution in [0.1, 0.15) is 42.6 Å². The van der Waals surface area contributed by atoms with E-state index in [2.05, 4.69) is 15.2 Å². The maximum Gasteiger partial charge on any atom is 0.346 e. The minimum Gasteiger partial charge on any atom is -0.370 e. The minimum absolute atomic E-state index is 0.0349. The lowest BCUT2D eigenvalue weighted by Crippen LogP contribution is -2.48. The molecule has 0 amide bonds. The number of alkyl halides is 4. The highest BCUT2D eigenvalue weighted by Crippen LogP contribution is 2.37. The fourth-order valence-corrected chi connectivity index (χ4v) is 4.44. The van der Waals surface area contributed by atoms with Crippen molar-refractivity contribution in [1.29, 1.82) is 0 Å². The monoisotopic (exact) mass is 475 g/mol. The van der Waals surface area contributed by atoms with Crippen LogP contribution in [0, 0.1) is 11.6 Å². The van der Waals surface area contributed by atoms with Crippen molar-refractivity contribution >= 4 is 0 Å². The predicted molar refractivity (Wildman–Crippen MR) is 101 cm³/mol. The van der Waals surface area contributed by atoms with Crippen LogP contribution in [0.4, 0.5) is 26.3 Å². The second-order valence-corrected chi connectivity index (χ2v) is 8.04. The molecule has 4 heterocycles. The molecule has 14 heteroatoms. The Morgan fingerprint density at radius 1 is 1.12 bits per heavy atom. The van der Waals surface area contributed by atoms with Crippen LogP contribution in [-0.2, 0) is 17.8 Å². The number of rotatable bonds is 5. The third-order valence-corrected chi connectivity index (χ3v) is 6.00. The van der Waals surface area contributed by atoms with E-state index in [1.54, 1.807) is 0 Å². The van der Waals surface area contributed by atoms with Gasteiger partial charge < -0.3 is 10.5 Å². The van der Waals surface area contributed by atoms with Gasteiger partial charge in [-0.2, -0.15) is 17.6 Å². The minimum atomic E-state index is -2.95. The van der Waals surface area contributed by atoms with Crippen LogP contribution in [-0.4, -0.2) is 48.1 Å². The van der Waals surface area contributed by atoms with Gasteiger partial charge in [0.25, 0.3) is 0 Å². The van der Waals surface area contributed by atoms with Crippen molar-refractivity contribution in [2.45, 2.75) is 50.8 Å². The first-order chi connectivity index (χ1) is 15.7. The lowest BCUT2D eigenvalue weighted by molar-refractivity contribution is -0.0538. The first kappa shape index (κ1) is 22.0. The van der Waals surface area contributed by atoms with E-state index >= 15 is 0 Å². The van der Waals surface area contributed by atoms with Crippen molar-refractivity contribution in [2.75, 3.05) is 6.61 Å². The van der Waals surface area contributed by atoms with Gasteiger partial charge in [-0.05, 0) is 24.6 Å². The number of hydrogen-bond acceptors (Lipinski definition) is 5. The summed E-state index contributed by atoms with van der Waals surface area (Å²) in [6, 6.07) is 2.17. The zero-order valence-corrected chi connectivity index (χ0v) is 16.9. The zero-order chi connectivity index (χ0) is 23.4. The number of fused-ring (bicyclic) bond motifs is 1. The highest BCUT2D eigenvalue weighted by Gasteiger charge is 2.39. The highest BCUT2D eigenvalue weighted by atomic mass is 19.3. The number of benzene rings is 1. The Bertz CT molecular complexity index is 1150. The van der Waals surface area contributed by atoms with Crippen molar-refractivity contribution in [2.24, 2.45) is 5.73 Å². The van der Waals surface area contributed by atoms with E-state index in [1.165, 1.54) is 0 Å². The fraction of sp³-hybridized carbons (Fsp3) is 0.474. The Labute approximate surface area is 182 Å². The summed E-state index contributed by atoms with van der Waals surface area (Å²) < 4.78 is 86.8. The molecule has 3 N–H and O–H groups in total. The van der Waals surface area contributed by atoms with Crippen LogP contribution in [0.25, 0.3) is 11.6 Å². The molecule has 2 aliphatic heterocycles. The summed E-state index contributed by atoms with van der Waals surface area (Å²) in [6.07, 6.45) is -0.466. The van der Waals surface area contributed by atoms with Crippen LogP contribution in [0.15, 0.2) is 18.2 Å². The number of aromatic amines is 1. The summed E-state index contributed by atoms with van der Waals surface area (Å²) in [5.41, 5.74) is 6.85. The number of imidazole rings is 1. The number of nitrogens with two attached hydrogens (primary N) is 1. The Hall–Kier alpha value is -2.84. The Morgan fingerprint density at radius 2 is 1.88 bits per heavy atom. The van der Waals surface area contributed by atoms with Crippen molar-refractivity contribution in [3.05, 3.63) is 46.8 Å². The summed E-state index contributed by atoms with van der Waals surface area (Å²) >= 11 is 0. The predicted octanol–water partition coefficient (Wildman–Crippen LogP) is 3.32. The van der Waals surface area contributed by atoms with Crippen molar-refractivity contribution < 1.29 is 31.1 Å². The topological polar surface area (TPSA) is 89.9 Å². The first-order valence-electron chi connectivity index (χ1n) is 10.1. The number of halogens is 6. The maximum absolute atomic E-state index is 14.1. The molecule has 8 nitrogen and oxygen atoms in total. The van der Waals surface area contributed by atoms with Gasteiger partial charge in [0.1, 0.15) is 17.7 Å². The van der Waals surface area contributed by atoms with Crippen molar-refractivity contribution in [1.82, 2.24) is 29.4 Å². The van der Waals surface area contributed by atoms with Gasteiger partial charge >= 0.3 is 13.1 Å². The Balaban J connectivity index is 1.31.